The maximum absolute atomic E-state index is 12.0. The van der Waals surface area contributed by atoms with Crippen molar-refractivity contribution in [1.29, 1.82) is 0 Å². The zero-order chi connectivity index (χ0) is 20.0. The fraction of sp³-hybridized carbons (Fsp3) is 0.458. The van der Waals surface area contributed by atoms with E-state index in [0.717, 1.165) is 36.8 Å². The lowest BCUT2D eigenvalue weighted by Gasteiger charge is -2.08. The van der Waals surface area contributed by atoms with Crippen LogP contribution in [0.4, 0.5) is 10.5 Å². The van der Waals surface area contributed by atoms with Gasteiger partial charge in [-0.15, -0.1) is 0 Å². The predicted molar refractivity (Wildman–Crippen MR) is 119 cm³/mol. The first-order valence-electron chi connectivity index (χ1n) is 10.6. The molecule has 2 amide bonds. The highest BCUT2D eigenvalue weighted by molar-refractivity contribution is 5.93. The number of carbonyl (C=O) groups excluding carboxylic acids is 1. The zero-order valence-corrected chi connectivity index (χ0v) is 16.9. The summed E-state index contributed by atoms with van der Waals surface area (Å²) in [5, 5.41) is 17.2. The minimum Gasteiger partial charge on any atom is -0.513 e. The molecule has 0 aromatic heterocycles. The number of allylic oxidation sites excluding steroid dienone is 1. The van der Waals surface area contributed by atoms with Gasteiger partial charge < -0.3 is 15.7 Å². The largest absolute Gasteiger partial charge is 0.513 e. The van der Waals surface area contributed by atoms with Crippen molar-refractivity contribution >= 4 is 22.5 Å². The minimum absolute atomic E-state index is 0.138. The van der Waals surface area contributed by atoms with E-state index in [9.17, 15) is 4.79 Å². The summed E-state index contributed by atoms with van der Waals surface area (Å²) in [6.07, 6.45) is 11.4. The van der Waals surface area contributed by atoms with Gasteiger partial charge in [0.25, 0.3) is 0 Å². The number of nitrogens with one attached hydrogen (secondary N) is 2. The van der Waals surface area contributed by atoms with E-state index < -0.39 is 0 Å². The summed E-state index contributed by atoms with van der Waals surface area (Å²) >= 11 is 0. The molecule has 0 heterocycles. The highest BCUT2D eigenvalue weighted by Gasteiger charge is 2.02. The normalized spacial score (nSPS) is 10.7. The second-order valence-electron chi connectivity index (χ2n) is 7.44. The Balaban J connectivity index is 1.46. The van der Waals surface area contributed by atoms with Gasteiger partial charge in [0.1, 0.15) is 0 Å². The van der Waals surface area contributed by atoms with Gasteiger partial charge in [0.15, 0.2) is 0 Å². The highest BCUT2D eigenvalue weighted by atomic mass is 16.3. The van der Waals surface area contributed by atoms with E-state index in [0.29, 0.717) is 12.3 Å². The van der Waals surface area contributed by atoms with Crippen molar-refractivity contribution in [2.24, 2.45) is 0 Å². The summed E-state index contributed by atoms with van der Waals surface area (Å²) in [5.41, 5.74) is 0.819. The van der Waals surface area contributed by atoms with Crippen LogP contribution in [0.2, 0.25) is 0 Å². The van der Waals surface area contributed by atoms with Gasteiger partial charge in [-0.3, -0.25) is 0 Å². The minimum atomic E-state index is -0.138. The Hall–Kier alpha value is -2.49. The number of benzene rings is 2. The fourth-order valence-electron chi connectivity index (χ4n) is 3.34. The molecule has 0 spiro atoms. The Labute approximate surface area is 169 Å². The summed E-state index contributed by atoms with van der Waals surface area (Å²) < 4.78 is 0. The van der Waals surface area contributed by atoms with E-state index in [2.05, 4.69) is 23.3 Å². The van der Waals surface area contributed by atoms with Gasteiger partial charge >= 0.3 is 6.03 Å². The van der Waals surface area contributed by atoms with Crippen LogP contribution in [0.15, 0.2) is 54.8 Å². The van der Waals surface area contributed by atoms with Crippen LogP contribution in [0.5, 0.6) is 0 Å². The van der Waals surface area contributed by atoms with Gasteiger partial charge in [-0.05, 0) is 35.7 Å². The number of rotatable bonds is 13. The van der Waals surface area contributed by atoms with Crippen molar-refractivity contribution in [1.82, 2.24) is 5.32 Å². The summed E-state index contributed by atoms with van der Waals surface area (Å²) in [6.45, 7) is 4.22. The molecular weight excluding hydrogens is 348 g/mol. The molecule has 2 rings (SSSR count). The zero-order valence-electron chi connectivity index (χ0n) is 16.9. The SMILES string of the molecule is C=C(O)CCCCCCCCCCCNC(=O)Nc1ccc2ccccc2c1. The average molecular weight is 383 g/mol. The molecule has 2 aromatic rings. The number of urea groups is 1. The average Bonchev–Trinajstić information content (AvgIpc) is 2.68. The van der Waals surface area contributed by atoms with E-state index in [-0.39, 0.29) is 6.03 Å². The molecule has 0 saturated carbocycles. The van der Waals surface area contributed by atoms with Gasteiger partial charge in [0.05, 0.1) is 5.76 Å². The number of amides is 2. The summed E-state index contributed by atoms with van der Waals surface area (Å²) in [4.78, 5) is 12.0. The molecular formula is C24H34N2O2. The first-order chi connectivity index (χ1) is 13.6. The summed E-state index contributed by atoms with van der Waals surface area (Å²) in [5.74, 6) is 0.305. The Morgan fingerprint density at radius 3 is 2.11 bits per heavy atom. The van der Waals surface area contributed by atoms with Crippen LogP contribution in [0.3, 0.4) is 0 Å². The van der Waals surface area contributed by atoms with E-state index in [1.807, 2.05) is 36.4 Å². The smallest absolute Gasteiger partial charge is 0.319 e. The molecule has 0 aliphatic heterocycles. The first-order valence-corrected chi connectivity index (χ1v) is 10.6. The number of aliphatic hydroxyl groups is 1. The van der Waals surface area contributed by atoms with Crippen molar-refractivity contribution in [3.63, 3.8) is 0 Å². The van der Waals surface area contributed by atoms with Crippen LogP contribution in [0.25, 0.3) is 10.8 Å². The van der Waals surface area contributed by atoms with Crippen molar-refractivity contribution in [3.05, 3.63) is 54.8 Å². The lowest BCUT2D eigenvalue weighted by Crippen LogP contribution is -2.29. The Bertz CT molecular complexity index is 742. The van der Waals surface area contributed by atoms with Crippen molar-refractivity contribution in [2.75, 3.05) is 11.9 Å². The molecule has 0 saturated heterocycles. The van der Waals surface area contributed by atoms with Crippen LogP contribution in [-0.2, 0) is 0 Å². The van der Waals surface area contributed by atoms with Crippen LogP contribution in [-0.4, -0.2) is 17.7 Å². The lowest BCUT2D eigenvalue weighted by molar-refractivity contribution is 0.252. The topological polar surface area (TPSA) is 61.4 Å². The fourth-order valence-corrected chi connectivity index (χ4v) is 3.34. The van der Waals surface area contributed by atoms with E-state index in [4.69, 9.17) is 5.11 Å². The standard InChI is InChI=1S/C24H34N2O2/c1-20(27)13-9-7-5-3-2-4-6-8-12-18-25-24(28)26-23-17-16-21-14-10-11-15-22(21)19-23/h10-11,14-17,19,27H,1-9,12-13,18H2,(H2,25,26,28). The molecule has 28 heavy (non-hydrogen) atoms. The molecule has 3 N–H and O–H groups in total. The Morgan fingerprint density at radius 1 is 0.821 bits per heavy atom. The molecule has 4 nitrogen and oxygen atoms in total. The number of carbonyl (C=O) groups is 1. The molecule has 0 unspecified atom stereocenters. The second-order valence-corrected chi connectivity index (χ2v) is 7.44. The quantitative estimate of drug-likeness (QED) is 0.260. The van der Waals surface area contributed by atoms with Crippen molar-refractivity contribution in [2.45, 2.75) is 64.2 Å². The van der Waals surface area contributed by atoms with Gasteiger partial charge in [-0.1, -0.05) is 81.9 Å². The van der Waals surface area contributed by atoms with Gasteiger partial charge in [0, 0.05) is 18.7 Å². The van der Waals surface area contributed by atoms with Gasteiger partial charge in [0.2, 0.25) is 0 Å². The van der Waals surface area contributed by atoms with Gasteiger partial charge in [-0.25, -0.2) is 4.79 Å². The van der Waals surface area contributed by atoms with Gasteiger partial charge in [-0.2, -0.15) is 0 Å². The Morgan fingerprint density at radius 2 is 1.43 bits per heavy atom. The molecule has 2 aromatic carbocycles. The maximum Gasteiger partial charge on any atom is 0.319 e. The number of unbranched alkanes of at least 4 members (excludes halogenated alkanes) is 8. The van der Waals surface area contributed by atoms with Crippen LogP contribution in [0.1, 0.15) is 64.2 Å². The molecule has 0 radical (unpaired) electrons. The number of fused-ring (bicyclic) bond motifs is 1. The molecule has 0 aliphatic rings. The Kier molecular flexibility index (Phi) is 9.98. The van der Waals surface area contributed by atoms with Crippen LogP contribution < -0.4 is 10.6 Å². The summed E-state index contributed by atoms with van der Waals surface area (Å²) in [6, 6.07) is 13.9. The van der Waals surface area contributed by atoms with E-state index in [1.54, 1.807) is 0 Å². The molecule has 0 atom stereocenters. The van der Waals surface area contributed by atoms with Crippen LogP contribution in [0, 0.1) is 0 Å². The predicted octanol–water partition coefficient (Wildman–Crippen LogP) is 6.93. The molecule has 0 aliphatic carbocycles. The van der Waals surface area contributed by atoms with Crippen molar-refractivity contribution in [3.8, 4) is 0 Å². The summed E-state index contributed by atoms with van der Waals surface area (Å²) in [7, 11) is 0. The van der Waals surface area contributed by atoms with Crippen LogP contribution >= 0.6 is 0 Å². The molecule has 4 heteroatoms. The third kappa shape index (κ3) is 8.94. The number of hydrogen-bond donors (Lipinski definition) is 3. The molecule has 0 fully saturated rings. The molecule has 152 valence electrons. The third-order valence-corrected chi connectivity index (χ3v) is 4.94. The first kappa shape index (κ1) is 21.8. The highest BCUT2D eigenvalue weighted by Crippen LogP contribution is 2.18. The van der Waals surface area contributed by atoms with Crippen molar-refractivity contribution < 1.29 is 9.90 Å². The molecule has 0 bridgehead atoms. The number of hydrogen-bond acceptors (Lipinski definition) is 2. The number of aliphatic hydroxyl groups excluding tert-OH is 1. The van der Waals surface area contributed by atoms with E-state index in [1.165, 1.54) is 43.9 Å². The maximum atomic E-state index is 12.0. The lowest BCUT2D eigenvalue weighted by atomic mass is 10.1. The second kappa shape index (κ2) is 12.8. The third-order valence-electron chi connectivity index (χ3n) is 4.94. The monoisotopic (exact) mass is 382 g/mol. The number of anilines is 1. The van der Waals surface area contributed by atoms with E-state index >= 15 is 0 Å².